The van der Waals surface area contributed by atoms with Gasteiger partial charge in [-0.15, -0.1) is 0 Å². The van der Waals surface area contributed by atoms with Crippen LogP contribution in [0.15, 0.2) is 76.1 Å². The van der Waals surface area contributed by atoms with Gasteiger partial charge in [0.1, 0.15) is 29.0 Å². The van der Waals surface area contributed by atoms with Crippen molar-refractivity contribution < 1.29 is 68.2 Å². The fraction of sp³-hybridized carbons (Fsp3) is 0.444. The molecule has 5 heterocycles. The van der Waals surface area contributed by atoms with Gasteiger partial charge in [-0.1, -0.05) is 63.2 Å². The van der Waals surface area contributed by atoms with Crippen molar-refractivity contribution in [1.29, 1.82) is 0 Å². The van der Waals surface area contributed by atoms with Gasteiger partial charge in [-0.05, 0) is 32.1 Å². The van der Waals surface area contributed by atoms with Crippen molar-refractivity contribution in [2.75, 3.05) is 43.9 Å². The topological polar surface area (TPSA) is 275 Å². The molecule has 4 aromatic rings. The second kappa shape index (κ2) is 22.5. The first-order valence-corrected chi connectivity index (χ1v) is 24.5. The number of amides is 2. The van der Waals surface area contributed by atoms with Crippen molar-refractivity contribution in [3.05, 3.63) is 88.9 Å². The number of aliphatic hydroxyl groups is 2. The Morgan fingerprint density at radius 3 is 2.27 bits per heavy atom. The van der Waals surface area contributed by atoms with E-state index in [1.165, 1.54) is 66.4 Å². The van der Waals surface area contributed by atoms with E-state index in [1.54, 1.807) is 57.0 Å². The number of hydrazone groups is 1. The number of nitrogens with one attached hydrogen (secondary N) is 2. The number of aliphatic hydroxyl groups excluding tert-OH is 2. The number of aromatic hydroxyl groups is 3. The fourth-order valence-corrected chi connectivity index (χ4v) is 9.69. The number of phenolic OH excluding ortho intramolecular Hbond substituents is 3. The van der Waals surface area contributed by atoms with Crippen LogP contribution in [-0.2, 0) is 35.1 Å². The molecule has 4 aliphatic heterocycles. The summed E-state index contributed by atoms with van der Waals surface area (Å²) in [6, 6.07) is 9.10. The van der Waals surface area contributed by atoms with Crippen LogP contribution in [0.1, 0.15) is 82.6 Å². The lowest BCUT2D eigenvalue weighted by Crippen LogP contribution is -2.46. The van der Waals surface area contributed by atoms with Crippen molar-refractivity contribution in [2.24, 2.45) is 28.8 Å². The van der Waals surface area contributed by atoms with E-state index in [-0.39, 0.29) is 50.4 Å². The summed E-state index contributed by atoms with van der Waals surface area (Å²) in [5, 5.41) is 74.7. The minimum Gasteiger partial charge on any atom is -0.507 e. The van der Waals surface area contributed by atoms with Crippen LogP contribution in [0.5, 0.6) is 23.0 Å². The van der Waals surface area contributed by atoms with Gasteiger partial charge in [0.15, 0.2) is 11.5 Å². The predicted octanol–water partition coefficient (Wildman–Crippen LogP) is 6.52. The molecule has 0 saturated carbocycles. The molecule has 4 aliphatic rings. The Bertz CT molecular complexity index is 2900. The smallest absolute Gasteiger partial charge is 0.312 e. The number of fused-ring (bicyclic) bond motifs is 14. The second-order valence-corrected chi connectivity index (χ2v) is 19.5. The number of rotatable bonds is 8. The Hall–Kier alpha value is -7.26. The second-order valence-electron chi connectivity index (χ2n) is 19.5. The van der Waals surface area contributed by atoms with Crippen LogP contribution in [0, 0.1) is 30.6 Å². The summed E-state index contributed by atoms with van der Waals surface area (Å²) >= 11 is 0. The number of aromatic nitrogens is 1. The van der Waals surface area contributed by atoms with Gasteiger partial charge >= 0.3 is 11.8 Å². The Kier molecular flexibility index (Phi) is 16.6. The third kappa shape index (κ3) is 11.3. The molecule has 5 bridgehead atoms. The molecule has 1 saturated heterocycles. The average Bonchev–Trinajstić information content (AvgIpc) is 3.94. The normalized spacial score (nSPS) is 27.8. The van der Waals surface area contributed by atoms with Gasteiger partial charge < -0.3 is 59.6 Å². The van der Waals surface area contributed by atoms with E-state index >= 15 is 0 Å². The van der Waals surface area contributed by atoms with Gasteiger partial charge in [0.25, 0.3) is 11.7 Å². The number of nitrogens with zero attached hydrogens (tertiary/aromatic N) is 4. The Labute approximate surface area is 428 Å². The van der Waals surface area contributed by atoms with Gasteiger partial charge in [-0.25, -0.2) is 0 Å². The van der Waals surface area contributed by atoms with Crippen LogP contribution in [0.4, 0.5) is 11.4 Å². The number of ether oxygens (including phenoxy) is 4. The maximum atomic E-state index is 14.7. The average molecular weight is 1020 g/mol. The molecule has 8 rings (SSSR count). The Balaban J connectivity index is 1.23. The van der Waals surface area contributed by atoms with Crippen LogP contribution in [0.25, 0.3) is 22.0 Å². The lowest BCUT2D eigenvalue weighted by molar-refractivity contribution is -0.160. The number of piperazine rings is 1. The third-order valence-corrected chi connectivity index (χ3v) is 14.2. The van der Waals surface area contributed by atoms with Gasteiger partial charge in [-0.2, -0.15) is 5.10 Å². The van der Waals surface area contributed by atoms with E-state index in [1.807, 2.05) is 18.2 Å². The number of benzene rings is 3. The van der Waals surface area contributed by atoms with Crippen LogP contribution >= 0.6 is 0 Å². The van der Waals surface area contributed by atoms with E-state index in [2.05, 4.69) is 25.8 Å². The minimum absolute atomic E-state index is 0.0276. The number of methoxy groups -OCH3 is 1. The van der Waals surface area contributed by atoms with E-state index in [0.717, 1.165) is 5.56 Å². The summed E-state index contributed by atoms with van der Waals surface area (Å²) in [6.45, 7) is 16.3. The van der Waals surface area contributed by atoms with Crippen molar-refractivity contribution in [3.8, 4) is 34.3 Å². The molecule has 3 aromatic carbocycles. The van der Waals surface area contributed by atoms with Gasteiger partial charge in [0.05, 0.1) is 59.5 Å². The number of esters is 1. The first-order valence-electron chi connectivity index (χ1n) is 24.5. The Morgan fingerprint density at radius 2 is 1.62 bits per heavy atom. The van der Waals surface area contributed by atoms with E-state index in [4.69, 9.17) is 23.5 Å². The molecule has 0 spiro atoms. The van der Waals surface area contributed by atoms with Crippen molar-refractivity contribution in [2.45, 2.75) is 99.1 Å². The predicted molar refractivity (Wildman–Crippen MR) is 275 cm³/mol. The zero-order valence-corrected chi connectivity index (χ0v) is 43.2. The zero-order chi connectivity index (χ0) is 53.9. The number of Topliss-reactive ketones (excluding diaryl/α,β-unsaturated/α-hetero) is 1. The molecule has 2 amide bonds. The van der Waals surface area contributed by atoms with Crippen LogP contribution < -0.4 is 15.4 Å². The number of hydrogen-bond acceptors (Lipinski definition) is 18. The standard InChI is InChI=1S/C54H66N6O14/c1-27-12-11-13-28(2)53(69)57-44-38(25-55-60-21-19-59(20-22-60)26-37-24-39(58-74-37)35-14-16-36(17-15-35)56-33(7)61)48(66)41-42(49(44)67)47(65)32(6)51-43(41)52(68)54(9,73-51)71-23-18-40(70-10)29(3)50(72-34(8)62)31(5)46(64)30(4)45(27)63/h11-18,23-25,27,29-31,40,45-46,50,63-67H,19-22,26H2,1-10H3,(H,56,61)(H,57,69)/b12-11+,23-18+,28-13-,55-25+/t27-,29+,30+,31+,40-,45-,46+,50+,54-/m0/s1. The molecule has 7 N–H and O–H groups in total. The maximum Gasteiger partial charge on any atom is 0.312 e. The number of anilines is 2. The van der Waals surface area contributed by atoms with E-state index in [0.29, 0.717) is 49.9 Å². The summed E-state index contributed by atoms with van der Waals surface area (Å²) in [5.41, 5.74) is 1.58. The van der Waals surface area contributed by atoms with Gasteiger partial charge in [0.2, 0.25) is 5.91 Å². The molecule has 20 nitrogen and oxygen atoms in total. The molecule has 0 aliphatic carbocycles. The first kappa shape index (κ1) is 54.5. The van der Waals surface area contributed by atoms with Crippen LogP contribution in [0.3, 0.4) is 0 Å². The number of hydrogen-bond donors (Lipinski definition) is 7. The number of carbonyl (C=O) groups excluding carboxylic acids is 4. The molecule has 1 fully saturated rings. The fourth-order valence-electron chi connectivity index (χ4n) is 9.69. The number of ketones is 1. The highest BCUT2D eigenvalue weighted by atomic mass is 16.7. The molecule has 74 heavy (non-hydrogen) atoms. The summed E-state index contributed by atoms with van der Waals surface area (Å²) in [7, 11) is 1.43. The van der Waals surface area contributed by atoms with Crippen LogP contribution in [-0.4, -0.2) is 134 Å². The van der Waals surface area contributed by atoms with Gasteiger partial charge in [-0.3, -0.25) is 29.1 Å². The molecule has 9 atom stereocenters. The highest BCUT2D eigenvalue weighted by molar-refractivity contribution is 6.24. The molecular weight excluding hydrogens is 957 g/mol. The van der Waals surface area contributed by atoms with Crippen molar-refractivity contribution >= 4 is 51.9 Å². The molecule has 20 heteroatoms. The molecule has 0 radical (unpaired) electrons. The summed E-state index contributed by atoms with van der Waals surface area (Å²) in [6.07, 6.45) is 4.67. The zero-order valence-electron chi connectivity index (χ0n) is 43.2. The first-order chi connectivity index (χ1) is 35.0. The SMILES string of the molecule is CO[C@H]1/C=C/O[C@@]2(C)Oc3c(C)c(O)c4c(O)c(c(/C=N/N5CCN(Cc6cc(-c7ccc(NC(C)=O)cc7)no6)CC5)c(O)c4c3C2=O)NC(=O)/C(C)=C\C=C\[C@H](C)[C@H](O)[C@@H](C)[C@@H](O)[C@@H](C)[C@H](OC(C)=O)[C@@H]1C. The maximum absolute atomic E-state index is 14.7. The molecule has 1 aromatic heterocycles. The lowest BCUT2D eigenvalue weighted by Gasteiger charge is -2.38. The highest BCUT2D eigenvalue weighted by Gasteiger charge is 2.50. The van der Waals surface area contributed by atoms with Crippen molar-refractivity contribution in [1.82, 2.24) is 15.1 Å². The minimum atomic E-state index is -2.09. The monoisotopic (exact) mass is 1020 g/mol. The summed E-state index contributed by atoms with van der Waals surface area (Å²) in [4.78, 5) is 54.7. The number of phenols is 3. The molecule has 396 valence electrons. The van der Waals surface area contributed by atoms with Crippen LogP contribution in [0.2, 0.25) is 0 Å². The quantitative estimate of drug-likeness (QED) is 0.0428. The van der Waals surface area contributed by atoms with Gasteiger partial charge in [0, 0.05) is 112 Å². The highest BCUT2D eigenvalue weighted by Crippen LogP contribution is 2.55. The summed E-state index contributed by atoms with van der Waals surface area (Å²) in [5.74, 6) is -8.26. The van der Waals surface area contributed by atoms with E-state index < -0.39 is 88.8 Å². The number of allylic oxidation sites excluding steroid dienone is 2. The number of carbonyl (C=O) groups is 4. The Morgan fingerprint density at radius 1 is 0.932 bits per heavy atom. The van der Waals surface area contributed by atoms with E-state index in [9.17, 15) is 44.7 Å². The molecular formula is C54H66N6O14. The largest absolute Gasteiger partial charge is 0.507 e. The summed E-state index contributed by atoms with van der Waals surface area (Å²) < 4.78 is 29.4. The lowest BCUT2D eigenvalue weighted by atomic mass is 9.78. The van der Waals surface area contributed by atoms with Crippen molar-refractivity contribution in [3.63, 3.8) is 0 Å². The molecule has 0 unspecified atom stereocenters. The third-order valence-electron chi connectivity index (χ3n) is 14.2.